The first-order valence-corrected chi connectivity index (χ1v) is 11.0. The number of amides is 2. The van der Waals surface area contributed by atoms with E-state index in [4.69, 9.17) is 11.6 Å². The minimum absolute atomic E-state index is 0.108. The molecular formula is C20H18ClN3O2S2. The first kappa shape index (κ1) is 19.2. The summed E-state index contributed by atoms with van der Waals surface area (Å²) < 4.78 is 1.14. The molecule has 8 heteroatoms. The van der Waals surface area contributed by atoms with Crippen molar-refractivity contribution in [1.82, 2.24) is 10.3 Å². The molecule has 144 valence electrons. The van der Waals surface area contributed by atoms with E-state index in [1.807, 2.05) is 37.3 Å². The molecule has 2 unspecified atom stereocenters. The van der Waals surface area contributed by atoms with Crippen molar-refractivity contribution < 1.29 is 9.59 Å². The highest BCUT2D eigenvalue weighted by Gasteiger charge is 2.29. The minimum atomic E-state index is -0.452. The predicted molar refractivity (Wildman–Crippen MR) is 115 cm³/mol. The molecule has 0 bridgehead atoms. The number of hydrogen-bond acceptors (Lipinski definition) is 5. The van der Waals surface area contributed by atoms with Gasteiger partial charge in [0.1, 0.15) is 0 Å². The maximum absolute atomic E-state index is 12.4. The number of carbonyl (C=O) groups excluding carboxylic acids is 2. The molecule has 4 rings (SSSR count). The van der Waals surface area contributed by atoms with Gasteiger partial charge in [0.2, 0.25) is 11.8 Å². The van der Waals surface area contributed by atoms with Gasteiger partial charge in [-0.05, 0) is 30.3 Å². The van der Waals surface area contributed by atoms with Gasteiger partial charge in [0.05, 0.1) is 26.2 Å². The molecule has 1 aliphatic heterocycles. The number of fused-ring (bicyclic) bond motifs is 2. The van der Waals surface area contributed by atoms with Gasteiger partial charge < -0.3 is 10.6 Å². The van der Waals surface area contributed by atoms with E-state index in [-0.39, 0.29) is 24.2 Å². The van der Waals surface area contributed by atoms with Gasteiger partial charge >= 0.3 is 0 Å². The van der Waals surface area contributed by atoms with E-state index in [9.17, 15) is 9.59 Å². The van der Waals surface area contributed by atoms with Crippen molar-refractivity contribution in [2.24, 2.45) is 0 Å². The lowest BCUT2D eigenvalue weighted by Crippen LogP contribution is -2.36. The Morgan fingerprint density at radius 2 is 2.14 bits per heavy atom. The van der Waals surface area contributed by atoms with Gasteiger partial charge in [-0.2, -0.15) is 0 Å². The van der Waals surface area contributed by atoms with Crippen molar-refractivity contribution in [2.45, 2.75) is 29.4 Å². The van der Waals surface area contributed by atoms with Crippen LogP contribution in [0.25, 0.3) is 10.2 Å². The summed E-state index contributed by atoms with van der Waals surface area (Å²) >= 11 is 9.00. The van der Waals surface area contributed by atoms with Crippen molar-refractivity contribution in [3.63, 3.8) is 0 Å². The normalized spacial score (nSPS) is 17.1. The van der Waals surface area contributed by atoms with Crippen LogP contribution in [0.4, 0.5) is 5.69 Å². The number of thioether (sulfide) groups is 1. The minimum Gasteiger partial charge on any atom is -0.355 e. The average Bonchev–Trinajstić information content (AvgIpc) is 3.11. The highest BCUT2D eigenvalue weighted by Crippen LogP contribution is 2.38. The predicted octanol–water partition coefficient (Wildman–Crippen LogP) is 4.67. The molecule has 0 saturated carbocycles. The summed E-state index contributed by atoms with van der Waals surface area (Å²) in [5.41, 5.74) is 1.68. The molecule has 2 N–H and O–H groups in total. The number of nitrogens with one attached hydrogen (secondary N) is 2. The van der Waals surface area contributed by atoms with Crippen LogP contribution in [-0.2, 0) is 9.59 Å². The van der Waals surface area contributed by atoms with Gasteiger partial charge in [0.25, 0.3) is 0 Å². The number of carbonyl (C=O) groups is 2. The molecule has 0 radical (unpaired) electrons. The summed E-state index contributed by atoms with van der Waals surface area (Å²) in [5.74, 6) is -0.204. The standard InChI is InChI=1S/C20H18ClN3O2S2/c1-11(20-24-13-4-2-3-5-15(13)28-20)10-22-18(25)9-17-19(26)23-14-8-12(21)6-7-16(14)27-17/h2-8,11,17H,9-10H2,1H3,(H,22,25)(H,23,26). The largest absolute Gasteiger partial charge is 0.355 e. The van der Waals surface area contributed by atoms with Gasteiger partial charge in [-0.1, -0.05) is 30.7 Å². The molecule has 0 fully saturated rings. The number of aromatic nitrogens is 1. The van der Waals surface area contributed by atoms with Crippen LogP contribution in [0, 0.1) is 0 Å². The number of benzene rings is 2. The highest BCUT2D eigenvalue weighted by atomic mass is 35.5. The van der Waals surface area contributed by atoms with Crippen molar-refractivity contribution >= 4 is 62.4 Å². The third-order valence-electron chi connectivity index (χ3n) is 4.47. The summed E-state index contributed by atoms with van der Waals surface area (Å²) in [6.45, 7) is 2.53. The van der Waals surface area contributed by atoms with E-state index in [0.717, 1.165) is 20.1 Å². The fraction of sp³-hybridized carbons (Fsp3) is 0.250. The lowest BCUT2D eigenvalue weighted by molar-refractivity contribution is -0.124. The van der Waals surface area contributed by atoms with Crippen molar-refractivity contribution in [1.29, 1.82) is 0 Å². The lowest BCUT2D eigenvalue weighted by atomic mass is 10.2. The van der Waals surface area contributed by atoms with Crippen LogP contribution in [0.2, 0.25) is 5.02 Å². The van der Waals surface area contributed by atoms with Crippen LogP contribution < -0.4 is 10.6 Å². The van der Waals surface area contributed by atoms with Crippen LogP contribution in [-0.4, -0.2) is 28.6 Å². The molecule has 2 atom stereocenters. The summed E-state index contributed by atoms with van der Waals surface area (Å²) in [4.78, 5) is 30.2. The quantitative estimate of drug-likeness (QED) is 0.615. The summed E-state index contributed by atoms with van der Waals surface area (Å²) in [6.07, 6.45) is 0.130. The number of halogens is 1. The maximum Gasteiger partial charge on any atom is 0.238 e. The molecular weight excluding hydrogens is 414 g/mol. The van der Waals surface area contributed by atoms with Crippen molar-refractivity contribution in [2.75, 3.05) is 11.9 Å². The smallest absolute Gasteiger partial charge is 0.238 e. The zero-order valence-electron chi connectivity index (χ0n) is 15.1. The number of anilines is 1. The average molecular weight is 432 g/mol. The van der Waals surface area contributed by atoms with Gasteiger partial charge in [-0.15, -0.1) is 23.1 Å². The van der Waals surface area contributed by atoms with E-state index in [0.29, 0.717) is 17.3 Å². The van der Waals surface area contributed by atoms with E-state index in [2.05, 4.69) is 15.6 Å². The number of thiazole rings is 1. The van der Waals surface area contributed by atoms with E-state index in [1.54, 1.807) is 23.5 Å². The first-order valence-electron chi connectivity index (χ1n) is 8.89. The molecule has 5 nitrogen and oxygen atoms in total. The van der Waals surface area contributed by atoms with E-state index >= 15 is 0 Å². The molecule has 0 aliphatic carbocycles. The first-order chi connectivity index (χ1) is 13.5. The van der Waals surface area contributed by atoms with Crippen LogP contribution >= 0.6 is 34.7 Å². The van der Waals surface area contributed by atoms with Crippen LogP contribution in [0.15, 0.2) is 47.4 Å². The monoisotopic (exact) mass is 431 g/mol. The van der Waals surface area contributed by atoms with Crippen LogP contribution in [0.5, 0.6) is 0 Å². The van der Waals surface area contributed by atoms with Gasteiger partial charge in [-0.3, -0.25) is 9.59 Å². The number of rotatable bonds is 5. The maximum atomic E-state index is 12.4. The molecule has 2 heterocycles. The molecule has 2 amide bonds. The number of hydrogen-bond donors (Lipinski definition) is 2. The topological polar surface area (TPSA) is 71.1 Å². The molecule has 1 aromatic heterocycles. The van der Waals surface area contributed by atoms with Crippen LogP contribution in [0.1, 0.15) is 24.3 Å². The Bertz CT molecular complexity index is 1020. The zero-order valence-corrected chi connectivity index (χ0v) is 17.5. The zero-order chi connectivity index (χ0) is 19.7. The van der Waals surface area contributed by atoms with Crippen molar-refractivity contribution in [3.8, 4) is 0 Å². The van der Waals surface area contributed by atoms with E-state index < -0.39 is 5.25 Å². The molecule has 1 aliphatic rings. The van der Waals surface area contributed by atoms with E-state index in [1.165, 1.54) is 11.8 Å². The second kappa shape index (κ2) is 8.11. The Morgan fingerprint density at radius 1 is 1.32 bits per heavy atom. The van der Waals surface area contributed by atoms with Crippen LogP contribution in [0.3, 0.4) is 0 Å². The van der Waals surface area contributed by atoms with Gasteiger partial charge in [0.15, 0.2) is 0 Å². The third kappa shape index (κ3) is 4.16. The Balaban J connectivity index is 1.34. The Hall–Kier alpha value is -2.09. The molecule has 2 aromatic carbocycles. The number of para-hydroxylation sites is 1. The fourth-order valence-electron chi connectivity index (χ4n) is 2.95. The van der Waals surface area contributed by atoms with Gasteiger partial charge in [0, 0.05) is 28.8 Å². The highest BCUT2D eigenvalue weighted by molar-refractivity contribution is 8.01. The van der Waals surface area contributed by atoms with Crippen molar-refractivity contribution in [3.05, 3.63) is 52.5 Å². The molecule has 3 aromatic rings. The molecule has 28 heavy (non-hydrogen) atoms. The molecule has 0 saturated heterocycles. The van der Waals surface area contributed by atoms with Gasteiger partial charge in [-0.25, -0.2) is 4.98 Å². The summed E-state index contributed by atoms with van der Waals surface area (Å²) in [6, 6.07) is 13.4. The second-order valence-corrected chi connectivity index (χ2v) is 9.41. The SMILES string of the molecule is CC(CNC(=O)CC1Sc2ccc(Cl)cc2NC1=O)c1nc2ccccc2s1. The second-order valence-electron chi connectivity index (χ2n) is 6.67. The number of nitrogens with zero attached hydrogens (tertiary/aromatic N) is 1. The molecule has 0 spiro atoms. The summed E-state index contributed by atoms with van der Waals surface area (Å²) in [5, 5.41) is 6.88. The fourth-order valence-corrected chi connectivity index (χ4v) is 5.23. The Labute approximate surface area is 175 Å². The Morgan fingerprint density at radius 3 is 2.96 bits per heavy atom. The Kier molecular flexibility index (Phi) is 5.57. The summed E-state index contributed by atoms with van der Waals surface area (Å²) in [7, 11) is 0. The lowest BCUT2D eigenvalue weighted by Gasteiger charge is -2.24. The third-order valence-corrected chi connectivity index (χ3v) is 7.25.